The molecule has 2 N–H and O–H groups in total. The Morgan fingerprint density at radius 2 is 1.40 bits per heavy atom. The minimum absolute atomic E-state index is 0.0886. The van der Waals surface area contributed by atoms with Gasteiger partial charge in [0.1, 0.15) is 18.3 Å². The first-order valence-electron chi connectivity index (χ1n) is 13.7. The molecule has 0 aliphatic carbocycles. The Morgan fingerprint density at radius 1 is 0.810 bits per heavy atom. The van der Waals surface area contributed by atoms with E-state index < -0.39 is 36.1 Å². The Balaban J connectivity index is 1.37. The predicted octanol–water partition coefficient (Wildman–Crippen LogP) is 5.75. The SMILES string of the molecule is C[C@H](N)C(=O)N(C(=O)OCc1ccccc1)N1C(=O)[C@@H](c2ccc3ccccc3c2)[C@@H]1Oc1ccc2ccccc2c1. The van der Waals surface area contributed by atoms with Crippen LogP contribution in [0.4, 0.5) is 4.79 Å². The van der Waals surface area contributed by atoms with Crippen LogP contribution in [0.5, 0.6) is 5.75 Å². The second kappa shape index (κ2) is 11.3. The van der Waals surface area contributed by atoms with E-state index in [0.29, 0.717) is 16.3 Å². The normalized spacial score (nSPS) is 17.0. The monoisotopic (exact) mass is 559 g/mol. The molecular weight excluding hydrogens is 530 g/mol. The van der Waals surface area contributed by atoms with E-state index >= 15 is 0 Å². The minimum Gasteiger partial charge on any atom is -0.467 e. The lowest BCUT2D eigenvalue weighted by Gasteiger charge is -2.49. The lowest BCUT2D eigenvalue weighted by molar-refractivity contribution is -0.207. The number of β-lactam (4-membered cyclic amide) rings is 1. The molecule has 0 aromatic heterocycles. The van der Waals surface area contributed by atoms with E-state index in [1.165, 1.54) is 6.92 Å². The Kier molecular flexibility index (Phi) is 7.29. The molecule has 6 rings (SSSR count). The topological polar surface area (TPSA) is 102 Å². The molecule has 0 saturated carbocycles. The maximum absolute atomic E-state index is 13.9. The minimum atomic E-state index is -1.08. The molecule has 1 fully saturated rings. The number of amides is 3. The zero-order valence-electron chi connectivity index (χ0n) is 22.9. The molecule has 5 aromatic carbocycles. The van der Waals surface area contributed by atoms with Gasteiger partial charge in [0.15, 0.2) is 0 Å². The number of benzene rings is 5. The number of carbonyl (C=O) groups is 3. The molecule has 1 saturated heterocycles. The van der Waals surface area contributed by atoms with Crippen molar-refractivity contribution in [3.63, 3.8) is 0 Å². The summed E-state index contributed by atoms with van der Waals surface area (Å²) in [5.74, 6) is -1.58. The van der Waals surface area contributed by atoms with Gasteiger partial charge in [-0.3, -0.25) is 9.59 Å². The number of hydrogen-bond acceptors (Lipinski definition) is 6. The molecule has 0 radical (unpaired) electrons. The smallest absolute Gasteiger partial charge is 0.436 e. The number of imide groups is 1. The van der Waals surface area contributed by atoms with Crippen molar-refractivity contribution in [2.24, 2.45) is 5.73 Å². The molecule has 8 heteroatoms. The van der Waals surface area contributed by atoms with Gasteiger partial charge in [0.05, 0.1) is 6.04 Å². The molecule has 3 atom stereocenters. The summed E-state index contributed by atoms with van der Waals surface area (Å²) in [4.78, 5) is 40.6. The third kappa shape index (κ3) is 5.15. The van der Waals surface area contributed by atoms with Crippen molar-refractivity contribution in [3.05, 3.63) is 126 Å². The van der Waals surface area contributed by atoms with Crippen LogP contribution < -0.4 is 10.5 Å². The summed E-state index contributed by atoms with van der Waals surface area (Å²) in [6.45, 7) is 1.36. The average Bonchev–Trinajstić information content (AvgIpc) is 3.02. The first-order chi connectivity index (χ1) is 20.4. The molecule has 5 aromatic rings. The Morgan fingerprint density at radius 3 is 2.07 bits per heavy atom. The predicted molar refractivity (Wildman–Crippen MR) is 159 cm³/mol. The number of hydrazine groups is 1. The molecule has 0 unspecified atom stereocenters. The van der Waals surface area contributed by atoms with Crippen molar-refractivity contribution < 1.29 is 23.9 Å². The summed E-state index contributed by atoms with van der Waals surface area (Å²) >= 11 is 0. The van der Waals surface area contributed by atoms with E-state index in [1.807, 2.05) is 97.1 Å². The van der Waals surface area contributed by atoms with Crippen LogP contribution in [0.1, 0.15) is 24.0 Å². The lowest BCUT2D eigenvalue weighted by Crippen LogP contribution is -2.71. The number of ether oxygens (including phenoxy) is 2. The number of nitrogens with zero attached hydrogens (tertiary/aromatic N) is 2. The van der Waals surface area contributed by atoms with Crippen LogP contribution in [0, 0.1) is 0 Å². The average molecular weight is 560 g/mol. The van der Waals surface area contributed by atoms with E-state index in [4.69, 9.17) is 15.2 Å². The van der Waals surface area contributed by atoms with Gasteiger partial charge < -0.3 is 15.2 Å². The first-order valence-corrected chi connectivity index (χ1v) is 13.7. The van der Waals surface area contributed by atoms with Crippen LogP contribution in [-0.4, -0.2) is 40.2 Å². The van der Waals surface area contributed by atoms with Gasteiger partial charge >= 0.3 is 6.09 Å². The zero-order valence-corrected chi connectivity index (χ0v) is 22.9. The van der Waals surface area contributed by atoms with Gasteiger partial charge in [-0.15, -0.1) is 5.01 Å². The highest BCUT2D eigenvalue weighted by Gasteiger charge is 2.56. The number of carbonyl (C=O) groups excluding carboxylic acids is 3. The third-order valence-electron chi connectivity index (χ3n) is 7.32. The van der Waals surface area contributed by atoms with Crippen LogP contribution in [0.2, 0.25) is 0 Å². The number of hydrogen-bond donors (Lipinski definition) is 1. The molecule has 0 bridgehead atoms. The highest BCUT2D eigenvalue weighted by Crippen LogP contribution is 2.40. The number of nitrogens with two attached hydrogens (primary N) is 1. The van der Waals surface area contributed by atoms with Crippen LogP contribution in [-0.2, 0) is 20.9 Å². The fourth-order valence-corrected chi connectivity index (χ4v) is 5.13. The van der Waals surface area contributed by atoms with E-state index in [1.54, 1.807) is 18.2 Å². The molecule has 1 aliphatic heterocycles. The Bertz CT molecular complexity index is 1790. The van der Waals surface area contributed by atoms with Crippen molar-refractivity contribution in [2.75, 3.05) is 0 Å². The quantitative estimate of drug-likeness (QED) is 0.255. The van der Waals surface area contributed by atoms with Gasteiger partial charge in [-0.1, -0.05) is 103 Å². The molecule has 8 nitrogen and oxygen atoms in total. The van der Waals surface area contributed by atoms with Gasteiger partial charge in [0, 0.05) is 0 Å². The van der Waals surface area contributed by atoms with E-state index in [2.05, 4.69) is 0 Å². The van der Waals surface area contributed by atoms with Crippen molar-refractivity contribution in [2.45, 2.75) is 31.7 Å². The molecular formula is C34H29N3O5. The van der Waals surface area contributed by atoms with E-state index in [-0.39, 0.29) is 6.61 Å². The van der Waals surface area contributed by atoms with Gasteiger partial charge in [-0.25, -0.2) is 4.79 Å². The van der Waals surface area contributed by atoms with Gasteiger partial charge in [0.2, 0.25) is 6.23 Å². The zero-order chi connectivity index (χ0) is 29.2. The highest BCUT2D eigenvalue weighted by molar-refractivity contribution is 6.00. The Labute approximate surface area is 242 Å². The van der Waals surface area contributed by atoms with Crippen LogP contribution in [0.15, 0.2) is 115 Å². The maximum Gasteiger partial charge on any atom is 0.436 e. The van der Waals surface area contributed by atoms with Crippen molar-refractivity contribution in [1.82, 2.24) is 10.0 Å². The summed E-state index contributed by atoms with van der Waals surface area (Å²) in [5.41, 5.74) is 7.36. The largest absolute Gasteiger partial charge is 0.467 e. The van der Waals surface area contributed by atoms with Crippen LogP contribution in [0.3, 0.4) is 0 Å². The molecule has 42 heavy (non-hydrogen) atoms. The number of rotatable bonds is 7. The Hall–Kier alpha value is -5.21. The second-order valence-corrected chi connectivity index (χ2v) is 10.3. The number of fused-ring (bicyclic) bond motifs is 2. The summed E-state index contributed by atoms with van der Waals surface area (Å²) < 4.78 is 11.9. The van der Waals surface area contributed by atoms with Crippen LogP contribution >= 0.6 is 0 Å². The second-order valence-electron chi connectivity index (χ2n) is 10.3. The molecule has 1 aliphatic rings. The summed E-state index contributed by atoms with van der Waals surface area (Å²) in [5, 5.41) is 5.65. The standard InChI is InChI=1S/C34H29N3O5/c1-22(35)31(38)37(34(40)41-21-23-9-3-2-4-10-23)36-32(39)30(28-16-15-24-11-5-7-13-26(24)19-28)33(36)42-29-18-17-25-12-6-8-14-27(25)20-29/h2-20,22,30,33H,21,35H2,1H3/t22-,30+,33-/m0/s1. The fraction of sp³-hybridized carbons (Fsp3) is 0.147. The van der Waals surface area contributed by atoms with Gasteiger partial charge in [-0.2, -0.15) is 5.01 Å². The summed E-state index contributed by atoms with van der Waals surface area (Å²) in [6.07, 6.45) is -2.04. The molecule has 0 spiro atoms. The maximum atomic E-state index is 13.9. The molecule has 3 amide bonds. The van der Waals surface area contributed by atoms with Gasteiger partial charge in [-0.05, 0) is 51.7 Å². The van der Waals surface area contributed by atoms with E-state index in [0.717, 1.165) is 32.1 Å². The van der Waals surface area contributed by atoms with Crippen molar-refractivity contribution in [3.8, 4) is 5.75 Å². The fourth-order valence-electron chi connectivity index (χ4n) is 5.13. The highest BCUT2D eigenvalue weighted by atomic mass is 16.6. The first kappa shape index (κ1) is 27.0. The third-order valence-corrected chi connectivity index (χ3v) is 7.32. The van der Waals surface area contributed by atoms with Crippen molar-refractivity contribution in [1.29, 1.82) is 0 Å². The van der Waals surface area contributed by atoms with E-state index in [9.17, 15) is 14.4 Å². The lowest BCUT2D eigenvalue weighted by atomic mass is 9.87. The van der Waals surface area contributed by atoms with Crippen molar-refractivity contribution >= 4 is 39.5 Å². The van der Waals surface area contributed by atoms with Crippen LogP contribution in [0.25, 0.3) is 21.5 Å². The van der Waals surface area contributed by atoms with Gasteiger partial charge in [0.25, 0.3) is 11.8 Å². The summed E-state index contributed by atoms with van der Waals surface area (Å²) in [6, 6.07) is 34.9. The molecule has 210 valence electrons. The summed E-state index contributed by atoms with van der Waals surface area (Å²) in [7, 11) is 0. The molecule has 1 heterocycles.